The van der Waals surface area contributed by atoms with Crippen LogP contribution in [0, 0.1) is 0 Å². The van der Waals surface area contributed by atoms with Crippen LogP contribution in [0.1, 0.15) is 13.3 Å². The second-order valence-electron chi connectivity index (χ2n) is 3.63. The van der Waals surface area contributed by atoms with Crippen LogP contribution < -0.4 is 5.32 Å². The van der Waals surface area contributed by atoms with E-state index in [2.05, 4.69) is 10.1 Å². The highest BCUT2D eigenvalue weighted by atomic mass is 16.5. The maximum absolute atomic E-state index is 10.8. The molecule has 0 aliphatic carbocycles. The highest BCUT2D eigenvalue weighted by Crippen LogP contribution is 2.03. The summed E-state index contributed by atoms with van der Waals surface area (Å²) in [7, 11) is 1.37. The third-order valence-electron chi connectivity index (χ3n) is 2.21. The molecule has 1 fully saturated rings. The summed E-state index contributed by atoms with van der Waals surface area (Å²) in [5, 5.41) is 3.25. The van der Waals surface area contributed by atoms with Crippen LogP contribution >= 0.6 is 0 Å². The summed E-state index contributed by atoms with van der Waals surface area (Å²) < 4.78 is 15.4. The summed E-state index contributed by atoms with van der Waals surface area (Å²) in [6.45, 7) is 4.63. The predicted octanol–water partition coefficient (Wildman–Crippen LogP) is -0.0570. The van der Waals surface area contributed by atoms with Crippen LogP contribution in [0.3, 0.4) is 0 Å². The fourth-order valence-electron chi connectivity index (χ4n) is 1.44. The quantitative estimate of drug-likeness (QED) is 0.516. The minimum atomic E-state index is -0.244. The van der Waals surface area contributed by atoms with E-state index in [1.54, 1.807) is 0 Å². The van der Waals surface area contributed by atoms with Gasteiger partial charge in [-0.05, 0) is 6.92 Å². The van der Waals surface area contributed by atoms with Crippen molar-refractivity contribution in [2.75, 3.05) is 33.4 Å². The fourth-order valence-corrected chi connectivity index (χ4v) is 1.44. The van der Waals surface area contributed by atoms with Gasteiger partial charge in [-0.2, -0.15) is 0 Å². The van der Waals surface area contributed by atoms with Crippen molar-refractivity contribution in [2.24, 2.45) is 0 Å². The molecule has 2 atom stereocenters. The van der Waals surface area contributed by atoms with Gasteiger partial charge in [-0.25, -0.2) is 0 Å². The number of esters is 1. The molecule has 0 saturated carbocycles. The molecule has 1 aliphatic rings. The van der Waals surface area contributed by atoms with Crippen molar-refractivity contribution >= 4 is 5.97 Å². The Hall–Kier alpha value is -0.650. The van der Waals surface area contributed by atoms with Crippen molar-refractivity contribution in [2.45, 2.75) is 25.6 Å². The number of carbonyl (C=O) groups excluding carboxylic acids is 1. The summed E-state index contributed by atoms with van der Waals surface area (Å²) in [5.74, 6) is -0.244. The SMILES string of the molecule is COC(=O)CCOCC1CNCC(C)O1. The van der Waals surface area contributed by atoms with E-state index in [0.717, 1.165) is 13.1 Å². The minimum absolute atomic E-state index is 0.0893. The van der Waals surface area contributed by atoms with Gasteiger partial charge in [0.25, 0.3) is 0 Å². The number of morpholine rings is 1. The molecule has 5 nitrogen and oxygen atoms in total. The first-order valence-electron chi connectivity index (χ1n) is 5.23. The summed E-state index contributed by atoms with van der Waals surface area (Å²) in [5.41, 5.74) is 0. The molecule has 0 aromatic heterocycles. The number of nitrogens with one attached hydrogen (secondary N) is 1. The molecule has 88 valence electrons. The summed E-state index contributed by atoms with van der Waals surface area (Å²) in [4.78, 5) is 10.8. The van der Waals surface area contributed by atoms with Gasteiger partial charge in [0.15, 0.2) is 0 Å². The lowest BCUT2D eigenvalue weighted by atomic mass is 10.2. The fraction of sp³-hybridized carbons (Fsp3) is 0.900. The Balaban J connectivity index is 2.02. The molecular weight excluding hydrogens is 198 g/mol. The molecule has 0 aromatic carbocycles. The van der Waals surface area contributed by atoms with Gasteiger partial charge in [-0.3, -0.25) is 4.79 Å². The molecular formula is C10H19NO4. The molecule has 1 aliphatic heterocycles. The molecule has 5 heteroatoms. The Labute approximate surface area is 90.1 Å². The number of methoxy groups -OCH3 is 1. The topological polar surface area (TPSA) is 56.8 Å². The Morgan fingerprint density at radius 3 is 3.00 bits per heavy atom. The normalized spacial score (nSPS) is 26.3. The van der Waals surface area contributed by atoms with E-state index < -0.39 is 0 Å². The van der Waals surface area contributed by atoms with Gasteiger partial charge in [0.1, 0.15) is 0 Å². The Bertz CT molecular complexity index is 198. The van der Waals surface area contributed by atoms with Crippen molar-refractivity contribution in [3.05, 3.63) is 0 Å². The van der Waals surface area contributed by atoms with E-state index in [1.807, 2.05) is 6.92 Å². The first-order chi connectivity index (χ1) is 7.22. The number of rotatable bonds is 5. The first-order valence-corrected chi connectivity index (χ1v) is 5.23. The average molecular weight is 217 g/mol. The standard InChI is InChI=1S/C10H19NO4/c1-8-5-11-6-9(15-8)7-14-4-3-10(12)13-2/h8-9,11H,3-7H2,1-2H3. The summed E-state index contributed by atoms with van der Waals surface area (Å²) in [6.07, 6.45) is 0.617. The highest BCUT2D eigenvalue weighted by Gasteiger charge is 2.18. The third-order valence-corrected chi connectivity index (χ3v) is 2.21. The molecule has 0 spiro atoms. The number of ether oxygens (including phenoxy) is 3. The zero-order valence-corrected chi connectivity index (χ0v) is 9.32. The van der Waals surface area contributed by atoms with Crippen molar-refractivity contribution in [1.29, 1.82) is 0 Å². The summed E-state index contributed by atoms with van der Waals surface area (Å²) >= 11 is 0. The molecule has 1 saturated heterocycles. The van der Waals surface area contributed by atoms with Gasteiger partial charge in [-0.1, -0.05) is 0 Å². The maximum atomic E-state index is 10.8. The van der Waals surface area contributed by atoms with Gasteiger partial charge in [0.2, 0.25) is 0 Å². The number of hydrogen-bond acceptors (Lipinski definition) is 5. The molecule has 2 unspecified atom stereocenters. The van der Waals surface area contributed by atoms with Crippen LogP contribution in [-0.4, -0.2) is 51.6 Å². The smallest absolute Gasteiger partial charge is 0.307 e. The lowest BCUT2D eigenvalue weighted by Gasteiger charge is -2.28. The van der Waals surface area contributed by atoms with E-state index in [0.29, 0.717) is 19.6 Å². The molecule has 0 aromatic rings. The second kappa shape index (κ2) is 6.76. The van der Waals surface area contributed by atoms with Gasteiger partial charge in [-0.15, -0.1) is 0 Å². The predicted molar refractivity (Wildman–Crippen MR) is 54.7 cm³/mol. The van der Waals surface area contributed by atoms with Crippen LogP contribution in [0.15, 0.2) is 0 Å². The molecule has 0 radical (unpaired) electrons. The van der Waals surface area contributed by atoms with E-state index in [-0.39, 0.29) is 18.2 Å². The minimum Gasteiger partial charge on any atom is -0.469 e. The van der Waals surface area contributed by atoms with Crippen LogP contribution in [0.5, 0.6) is 0 Å². The Kier molecular flexibility index (Phi) is 5.60. The van der Waals surface area contributed by atoms with E-state index in [4.69, 9.17) is 9.47 Å². The monoisotopic (exact) mass is 217 g/mol. The average Bonchev–Trinajstić information content (AvgIpc) is 2.24. The van der Waals surface area contributed by atoms with Gasteiger partial charge in [0.05, 0.1) is 39.0 Å². The first kappa shape index (κ1) is 12.4. The Morgan fingerprint density at radius 1 is 1.53 bits per heavy atom. The molecule has 15 heavy (non-hydrogen) atoms. The van der Waals surface area contributed by atoms with Crippen LogP contribution in [0.25, 0.3) is 0 Å². The van der Waals surface area contributed by atoms with Crippen molar-refractivity contribution in [3.8, 4) is 0 Å². The van der Waals surface area contributed by atoms with E-state index in [9.17, 15) is 4.79 Å². The van der Waals surface area contributed by atoms with Crippen molar-refractivity contribution in [3.63, 3.8) is 0 Å². The third kappa shape index (κ3) is 5.11. The molecule has 1 heterocycles. The van der Waals surface area contributed by atoms with Gasteiger partial charge < -0.3 is 19.5 Å². The van der Waals surface area contributed by atoms with Crippen molar-refractivity contribution < 1.29 is 19.0 Å². The number of carbonyl (C=O) groups is 1. The maximum Gasteiger partial charge on any atom is 0.307 e. The van der Waals surface area contributed by atoms with E-state index in [1.165, 1.54) is 7.11 Å². The largest absolute Gasteiger partial charge is 0.469 e. The molecule has 1 rings (SSSR count). The Morgan fingerprint density at radius 2 is 2.33 bits per heavy atom. The second-order valence-corrected chi connectivity index (χ2v) is 3.63. The lowest BCUT2D eigenvalue weighted by molar-refractivity contribution is -0.142. The zero-order valence-electron chi connectivity index (χ0n) is 9.32. The molecule has 0 amide bonds. The van der Waals surface area contributed by atoms with Gasteiger partial charge >= 0.3 is 5.97 Å². The van der Waals surface area contributed by atoms with Gasteiger partial charge in [0, 0.05) is 13.1 Å². The van der Waals surface area contributed by atoms with Crippen molar-refractivity contribution in [1.82, 2.24) is 5.32 Å². The highest BCUT2D eigenvalue weighted by molar-refractivity contribution is 5.69. The molecule has 0 bridgehead atoms. The van der Waals surface area contributed by atoms with E-state index >= 15 is 0 Å². The van der Waals surface area contributed by atoms with Crippen LogP contribution in [-0.2, 0) is 19.0 Å². The van der Waals surface area contributed by atoms with Crippen LogP contribution in [0.4, 0.5) is 0 Å². The molecule has 1 N–H and O–H groups in total. The van der Waals surface area contributed by atoms with Crippen LogP contribution in [0.2, 0.25) is 0 Å². The number of hydrogen-bond donors (Lipinski definition) is 1. The zero-order chi connectivity index (χ0) is 11.1. The summed E-state index contributed by atoms with van der Waals surface area (Å²) in [6, 6.07) is 0. The lowest BCUT2D eigenvalue weighted by Crippen LogP contribution is -2.45.